The van der Waals surface area contributed by atoms with Gasteiger partial charge in [-0.15, -0.1) is 0 Å². The van der Waals surface area contributed by atoms with Gasteiger partial charge in [-0.05, 0) is 62.9 Å². The third-order valence-electron chi connectivity index (χ3n) is 9.66. The Balaban J connectivity index is 1.15. The Labute approximate surface area is 311 Å². The largest absolute Gasteiger partial charge is 0.458 e. The molecule has 0 saturated carbocycles. The third-order valence-corrected chi connectivity index (χ3v) is 9.66. The van der Waals surface area contributed by atoms with E-state index in [1.54, 1.807) is 6.08 Å². The summed E-state index contributed by atoms with van der Waals surface area (Å²) in [5.41, 5.74) is 7.59. The zero-order chi connectivity index (χ0) is 36.0. The monoisotopic (exact) mass is 685 g/mol. The van der Waals surface area contributed by atoms with Gasteiger partial charge in [0.2, 0.25) is 0 Å². The summed E-state index contributed by atoms with van der Waals surface area (Å²) >= 11 is 0. The molecule has 1 aromatic heterocycles. The molecule has 4 heteroatoms. The molecule has 4 aromatic carbocycles. The first-order valence-electron chi connectivity index (χ1n) is 18.0. The maximum Gasteiger partial charge on any atom is 0.163 e. The highest BCUT2D eigenvalue weighted by Gasteiger charge is 2.20. The van der Waals surface area contributed by atoms with Gasteiger partial charge in [0.15, 0.2) is 11.6 Å². The van der Waals surface area contributed by atoms with Gasteiger partial charge in [-0.2, -0.15) is 0 Å². The van der Waals surface area contributed by atoms with Crippen molar-refractivity contribution in [3.63, 3.8) is 0 Å². The maximum atomic E-state index is 6.27. The van der Waals surface area contributed by atoms with Gasteiger partial charge in [0.1, 0.15) is 17.3 Å². The average Bonchev–Trinajstić information content (AvgIpc) is 3.28. The summed E-state index contributed by atoms with van der Waals surface area (Å²) < 4.78 is 6.27. The van der Waals surface area contributed by atoms with Gasteiger partial charge in [-0.1, -0.05) is 165 Å². The van der Waals surface area contributed by atoms with Crippen molar-refractivity contribution >= 4 is 21.9 Å². The Kier molecular flexibility index (Phi) is 9.67. The number of rotatable bonds is 8. The summed E-state index contributed by atoms with van der Waals surface area (Å²) in [6.45, 7) is 7.90. The van der Waals surface area contributed by atoms with Crippen LogP contribution in [0.15, 0.2) is 195 Å². The number of allylic oxidation sites excluding steroid dienone is 17. The van der Waals surface area contributed by atoms with Crippen LogP contribution in [0.5, 0.6) is 5.75 Å². The molecule has 0 saturated heterocycles. The summed E-state index contributed by atoms with van der Waals surface area (Å²) in [6, 6.07) is 29.8. The Hall–Kier alpha value is -6.65. The number of aromatic nitrogens is 3. The smallest absolute Gasteiger partial charge is 0.163 e. The minimum Gasteiger partial charge on any atom is -0.458 e. The molecule has 0 spiro atoms. The number of ether oxygens (including phenoxy) is 1. The van der Waals surface area contributed by atoms with Crippen LogP contribution in [-0.4, -0.2) is 15.0 Å². The Morgan fingerprint density at radius 2 is 1.45 bits per heavy atom. The van der Waals surface area contributed by atoms with Crippen LogP contribution in [0.25, 0.3) is 44.4 Å². The van der Waals surface area contributed by atoms with Crippen molar-refractivity contribution in [2.24, 2.45) is 11.8 Å². The fourth-order valence-corrected chi connectivity index (χ4v) is 6.88. The Morgan fingerprint density at radius 3 is 2.30 bits per heavy atom. The van der Waals surface area contributed by atoms with Gasteiger partial charge in [0.05, 0.1) is 0 Å². The van der Waals surface area contributed by atoms with E-state index >= 15 is 0 Å². The second kappa shape index (κ2) is 15.3. The Morgan fingerprint density at radius 1 is 0.679 bits per heavy atom. The van der Waals surface area contributed by atoms with Gasteiger partial charge in [0.25, 0.3) is 0 Å². The molecule has 0 N–H and O–H groups in total. The number of hydrogen-bond acceptors (Lipinski definition) is 4. The first kappa shape index (κ1) is 33.5. The van der Waals surface area contributed by atoms with Crippen LogP contribution in [0.2, 0.25) is 0 Å². The number of hydrogen-bond donors (Lipinski definition) is 0. The Bertz CT molecular complexity index is 2470. The van der Waals surface area contributed by atoms with E-state index in [1.807, 2.05) is 48.6 Å². The molecule has 2 unspecified atom stereocenters. The molecule has 1 aliphatic heterocycles. The maximum absolute atomic E-state index is 6.27. The lowest BCUT2D eigenvalue weighted by molar-refractivity contribution is 0.443. The molecule has 3 aliphatic rings. The molecule has 5 aromatic rings. The topological polar surface area (TPSA) is 47.9 Å². The van der Waals surface area contributed by atoms with Crippen LogP contribution in [-0.2, 0) is 12.8 Å². The molecule has 0 bridgehead atoms. The summed E-state index contributed by atoms with van der Waals surface area (Å²) in [6.07, 6.45) is 32.4. The molecule has 0 radical (unpaired) electrons. The highest BCUT2D eigenvalue weighted by Crippen LogP contribution is 2.35. The molecule has 4 nitrogen and oxygen atoms in total. The van der Waals surface area contributed by atoms with Gasteiger partial charge in [-0.25, -0.2) is 15.0 Å². The molecule has 0 fully saturated rings. The van der Waals surface area contributed by atoms with Crippen LogP contribution >= 0.6 is 0 Å². The molecule has 256 valence electrons. The molecule has 2 aliphatic carbocycles. The zero-order valence-electron chi connectivity index (χ0n) is 29.5. The van der Waals surface area contributed by atoms with Crippen LogP contribution in [0.4, 0.5) is 0 Å². The predicted molar refractivity (Wildman–Crippen MR) is 220 cm³/mol. The highest BCUT2D eigenvalue weighted by atomic mass is 16.5. The summed E-state index contributed by atoms with van der Waals surface area (Å²) in [7, 11) is 0. The van der Waals surface area contributed by atoms with E-state index in [-0.39, 0.29) is 0 Å². The van der Waals surface area contributed by atoms with E-state index in [0.29, 0.717) is 47.9 Å². The van der Waals surface area contributed by atoms with Gasteiger partial charge in [0, 0.05) is 35.8 Å². The first-order valence-corrected chi connectivity index (χ1v) is 18.0. The number of benzene rings is 4. The van der Waals surface area contributed by atoms with Crippen LogP contribution in [0.3, 0.4) is 0 Å². The normalized spacial score (nSPS) is 19.4. The van der Waals surface area contributed by atoms with E-state index in [9.17, 15) is 0 Å². The van der Waals surface area contributed by atoms with E-state index in [0.717, 1.165) is 39.0 Å². The predicted octanol–water partition coefficient (Wildman–Crippen LogP) is 11.6. The van der Waals surface area contributed by atoms with Crippen molar-refractivity contribution in [3.8, 4) is 28.3 Å². The summed E-state index contributed by atoms with van der Waals surface area (Å²) in [5.74, 6) is 4.12. The van der Waals surface area contributed by atoms with Crippen molar-refractivity contribution < 1.29 is 4.74 Å². The van der Waals surface area contributed by atoms with Crippen LogP contribution in [0, 0.1) is 11.8 Å². The average molecular weight is 686 g/mol. The quantitative estimate of drug-likeness (QED) is 0.153. The third kappa shape index (κ3) is 7.68. The van der Waals surface area contributed by atoms with Crippen molar-refractivity contribution in [1.29, 1.82) is 0 Å². The summed E-state index contributed by atoms with van der Waals surface area (Å²) in [5, 5.41) is 2.30. The highest BCUT2D eigenvalue weighted by molar-refractivity contribution is 5.91. The van der Waals surface area contributed by atoms with Crippen LogP contribution < -0.4 is 4.74 Å². The second-order valence-electron chi connectivity index (χ2n) is 13.3. The van der Waals surface area contributed by atoms with Crippen LogP contribution in [0.1, 0.15) is 22.8 Å². The molecule has 2 atom stereocenters. The fraction of sp³-hybridized carbons (Fsp3) is 0.0816. The van der Waals surface area contributed by atoms with Gasteiger partial charge in [-0.3, -0.25) is 0 Å². The molecule has 53 heavy (non-hydrogen) atoms. The lowest BCUT2D eigenvalue weighted by atomic mass is 9.81. The molecule has 2 heterocycles. The van der Waals surface area contributed by atoms with Crippen molar-refractivity contribution in [3.05, 3.63) is 218 Å². The van der Waals surface area contributed by atoms with E-state index in [2.05, 4.69) is 135 Å². The standard InChI is InChI=1S/C49H39N3O/c1-3-4-5-6-10-20-47-50-48(44-19-13-14-34(2)53-46-33-42(25-27-43(46)32-44)35-15-8-7-9-16-35)52-49(51-47)45-28-26-40-30-39(23-24-41(40)31-45)38-22-21-36-17-11-12-18-37(36)29-38/h3-19,21-31,33,36-37H,1-2,20,32H2/b5-4-,10-6-,14-13-,44-19+. The van der Waals surface area contributed by atoms with Gasteiger partial charge >= 0.3 is 0 Å². The first-order chi connectivity index (χ1) is 26.1. The molecular formula is C49H39N3O. The minimum atomic E-state index is 0.401. The molecular weight excluding hydrogens is 647 g/mol. The molecule has 0 amide bonds. The lowest BCUT2D eigenvalue weighted by Crippen LogP contribution is -2.11. The van der Waals surface area contributed by atoms with E-state index in [4.69, 9.17) is 19.7 Å². The van der Waals surface area contributed by atoms with E-state index < -0.39 is 0 Å². The SMILES string of the molecule is C=C/C=C\C=C/Cc1nc(/C2=C/C=C\C(=C)Oc3cc(-c4ccccc4)ccc3C2)nc(-c2ccc3cc(C4=CC5C=CC=CC5C=C4)ccc3c2)n1. The zero-order valence-corrected chi connectivity index (χ0v) is 29.5. The number of nitrogens with zero attached hydrogens (tertiary/aromatic N) is 3. The van der Waals surface area contributed by atoms with Crippen molar-refractivity contribution in [2.45, 2.75) is 12.8 Å². The van der Waals surface area contributed by atoms with Gasteiger partial charge < -0.3 is 4.74 Å². The van der Waals surface area contributed by atoms with E-state index in [1.165, 1.54) is 16.5 Å². The summed E-state index contributed by atoms with van der Waals surface area (Å²) in [4.78, 5) is 15.1. The molecule has 8 rings (SSSR count). The number of fused-ring (bicyclic) bond motifs is 3. The lowest BCUT2D eigenvalue weighted by Gasteiger charge is -2.23. The van der Waals surface area contributed by atoms with Crippen molar-refractivity contribution in [1.82, 2.24) is 15.0 Å². The minimum absolute atomic E-state index is 0.401. The fourth-order valence-electron chi connectivity index (χ4n) is 6.88. The second-order valence-corrected chi connectivity index (χ2v) is 13.3. The van der Waals surface area contributed by atoms with Crippen molar-refractivity contribution in [2.75, 3.05) is 0 Å².